The summed E-state index contributed by atoms with van der Waals surface area (Å²) in [5.74, 6) is -0.800. The van der Waals surface area contributed by atoms with Crippen LogP contribution in [0.2, 0.25) is 0 Å². The molecule has 1 unspecified atom stereocenters. The molecular formula is C22H27FNO3P. The van der Waals surface area contributed by atoms with Gasteiger partial charge in [0.05, 0.1) is 6.04 Å². The van der Waals surface area contributed by atoms with Gasteiger partial charge < -0.3 is 4.52 Å². The highest BCUT2D eigenvalue weighted by molar-refractivity contribution is 7.59. The van der Waals surface area contributed by atoms with E-state index in [4.69, 9.17) is 4.52 Å². The summed E-state index contributed by atoms with van der Waals surface area (Å²) in [5.41, 5.74) is 0.952. The minimum Gasteiger partial charge on any atom is -0.305 e. The minimum atomic E-state index is -4.19. The molecule has 1 aliphatic rings. The van der Waals surface area contributed by atoms with Crippen molar-refractivity contribution in [1.29, 1.82) is 0 Å². The number of rotatable bonds is 4. The highest BCUT2D eigenvalue weighted by Crippen LogP contribution is 2.76. The van der Waals surface area contributed by atoms with Crippen molar-refractivity contribution < 1.29 is 18.3 Å². The smallest absolute Gasteiger partial charge is 0.305 e. The van der Waals surface area contributed by atoms with Crippen molar-refractivity contribution in [3.8, 4) is 0 Å². The second-order valence-electron chi connectivity index (χ2n) is 8.34. The van der Waals surface area contributed by atoms with E-state index in [2.05, 4.69) is 0 Å². The van der Waals surface area contributed by atoms with Crippen molar-refractivity contribution in [2.45, 2.75) is 57.7 Å². The normalized spacial score (nSPS) is 28.1. The summed E-state index contributed by atoms with van der Waals surface area (Å²) in [6, 6.07) is 18.4. The number of nitrogens with zero attached hydrogens (tertiary/aromatic N) is 1. The van der Waals surface area contributed by atoms with E-state index in [1.807, 2.05) is 81.4 Å². The number of alkyl halides is 1. The molecule has 0 bridgehead atoms. The number of carbonyl (C=O) groups excluding carboxylic acids is 1. The first kappa shape index (κ1) is 20.9. The van der Waals surface area contributed by atoms with Crippen LogP contribution in [0.15, 0.2) is 60.7 Å². The van der Waals surface area contributed by atoms with Gasteiger partial charge >= 0.3 is 7.52 Å². The maximum Gasteiger partial charge on any atom is 0.318 e. The Morgan fingerprint density at radius 1 is 0.964 bits per heavy atom. The molecule has 0 radical (unpaired) electrons. The van der Waals surface area contributed by atoms with Crippen molar-refractivity contribution in [3.05, 3.63) is 71.8 Å². The molecule has 2 aromatic carbocycles. The number of hydrogen-bond donors (Lipinski definition) is 0. The zero-order valence-electron chi connectivity index (χ0n) is 16.9. The predicted octanol–water partition coefficient (Wildman–Crippen LogP) is 6.07. The lowest BCUT2D eigenvalue weighted by Crippen LogP contribution is -2.44. The zero-order valence-corrected chi connectivity index (χ0v) is 17.8. The number of carbonyl (C=O) groups is 1. The highest BCUT2D eigenvalue weighted by Gasteiger charge is 2.65. The minimum absolute atomic E-state index is 0.496. The Kier molecular flexibility index (Phi) is 5.39. The third kappa shape index (κ3) is 3.36. The van der Waals surface area contributed by atoms with Gasteiger partial charge in [0.25, 0.3) is 5.41 Å². The van der Waals surface area contributed by atoms with Gasteiger partial charge in [-0.3, -0.25) is 9.36 Å². The molecule has 0 amide bonds. The molecule has 0 aliphatic carbocycles. The van der Waals surface area contributed by atoms with Crippen LogP contribution in [0.5, 0.6) is 0 Å². The van der Waals surface area contributed by atoms with Gasteiger partial charge in [0.15, 0.2) is 5.78 Å². The Balaban J connectivity index is 2.27. The SMILES string of the molecule is CC(=O)[C@](C)(F)P1(=O)O[C@H](c2ccccc2)[C@H](c2ccccc2)N1C(C)(C)C. The van der Waals surface area contributed by atoms with Gasteiger partial charge in [0.2, 0.25) is 0 Å². The zero-order chi connectivity index (χ0) is 20.7. The Hall–Kier alpha value is -1.81. The molecule has 28 heavy (non-hydrogen) atoms. The van der Waals surface area contributed by atoms with E-state index in [0.29, 0.717) is 0 Å². The third-order valence-electron chi connectivity index (χ3n) is 5.22. The Morgan fingerprint density at radius 2 is 1.43 bits per heavy atom. The average Bonchev–Trinajstić information content (AvgIpc) is 2.98. The van der Waals surface area contributed by atoms with Crippen molar-refractivity contribution in [2.24, 2.45) is 0 Å². The van der Waals surface area contributed by atoms with E-state index in [9.17, 15) is 9.36 Å². The van der Waals surface area contributed by atoms with Crippen LogP contribution in [0.25, 0.3) is 0 Å². The van der Waals surface area contributed by atoms with Crippen LogP contribution in [-0.2, 0) is 13.9 Å². The lowest BCUT2D eigenvalue weighted by Gasteiger charge is -2.42. The first-order valence-corrected chi connectivity index (χ1v) is 11.0. The van der Waals surface area contributed by atoms with Gasteiger partial charge in [-0.05, 0) is 45.7 Å². The number of halogens is 1. The summed E-state index contributed by atoms with van der Waals surface area (Å²) >= 11 is 0. The summed E-state index contributed by atoms with van der Waals surface area (Å²) < 4.78 is 37.5. The van der Waals surface area contributed by atoms with E-state index < -0.39 is 36.4 Å². The molecule has 6 heteroatoms. The van der Waals surface area contributed by atoms with Crippen LogP contribution in [0.1, 0.15) is 57.9 Å². The molecule has 1 aliphatic heterocycles. The lowest BCUT2D eigenvalue weighted by atomic mass is 9.93. The van der Waals surface area contributed by atoms with E-state index in [-0.39, 0.29) is 0 Å². The Bertz CT molecular complexity index is 893. The molecule has 1 fully saturated rings. The van der Waals surface area contributed by atoms with Crippen LogP contribution in [0, 0.1) is 0 Å². The molecular weight excluding hydrogens is 376 g/mol. The van der Waals surface area contributed by atoms with Gasteiger partial charge in [-0.1, -0.05) is 60.7 Å². The standard InChI is InChI=1S/C22H27FNO3P/c1-16(25)22(5,23)28(26)24(21(2,3)4)19(17-12-8-6-9-13-17)20(27-28)18-14-10-7-11-15-18/h6-15,19-20H,1-5H3/t19-,20+,22+,28?/m0/s1. The second kappa shape index (κ2) is 7.22. The van der Waals surface area contributed by atoms with Crippen LogP contribution < -0.4 is 0 Å². The molecule has 1 saturated heterocycles. The monoisotopic (exact) mass is 403 g/mol. The Labute approximate surface area is 166 Å². The molecule has 0 aromatic heterocycles. The topological polar surface area (TPSA) is 46.6 Å². The molecule has 3 rings (SSSR count). The van der Waals surface area contributed by atoms with Crippen molar-refractivity contribution in [3.63, 3.8) is 0 Å². The largest absolute Gasteiger partial charge is 0.318 e. The van der Waals surface area contributed by atoms with Crippen molar-refractivity contribution in [2.75, 3.05) is 0 Å². The molecule has 0 spiro atoms. The summed E-state index contributed by atoms with van der Waals surface area (Å²) in [7, 11) is -4.19. The van der Waals surface area contributed by atoms with E-state index >= 15 is 4.39 Å². The summed E-state index contributed by atoms with van der Waals surface area (Å²) in [5, 5.41) is -2.61. The van der Waals surface area contributed by atoms with Crippen LogP contribution in [0.4, 0.5) is 4.39 Å². The highest BCUT2D eigenvalue weighted by atomic mass is 31.2. The summed E-state index contributed by atoms with van der Waals surface area (Å²) in [4.78, 5) is 12.2. The number of Topliss-reactive ketones (excluding diaryl/α,β-unsaturated/α-hetero) is 1. The van der Waals surface area contributed by atoms with E-state index in [1.165, 1.54) is 0 Å². The number of hydrogen-bond acceptors (Lipinski definition) is 3. The molecule has 0 saturated carbocycles. The summed E-state index contributed by atoms with van der Waals surface area (Å²) in [6.07, 6.45) is -0.664. The first-order chi connectivity index (χ1) is 13.0. The average molecular weight is 403 g/mol. The van der Waals surface area contributed by atoms with Gasteiger partial charge in [-0.15, -0.1) is 0 Å². The quantitative estimate of drug-likeness (QED) is 0.582. The van der Waals surface area contributed by atoms with Crippen LogP contribution in [0.3, 0.4) is 0 Å². The summed E-state index contributed by atoms with van der Waals surface area (Å²) in [6.45, 7) is 7.79. The third-order valence-corrected chi connectivity index (χ3v) is 8.53. The maximum absolute atomic E-state index is 15.7. The molecule has 1 heterocycles. The van der Waals surface area contributed by atoms with Gasteiger partial charge in [-0.2, -0.15) is 0 Å². The first-order valence-electron chi connectivity index (χ1n) is 9.38. The van der Waals surface area contributed by atoms with Gasteiger partial charge in [0.1, 0.15) is 6.10 Å². The molecule has 2 aromatic rings. The fourth-order valence-electron chi connectivity index (χ4n) is 3.72. The second-order valence-corrected chi connectivity index (χ2v) is 10.9. The Morgan fingerprint density at radius 3 is 1.86 bits per heavy atom. The number of ketones is 1. The van der Waals surface area contributed by atoms with Crippen molar-refractivity contribution >= 4 is 13.3 Å². The fourth-order valence-corrected chi connectivity index (χ4v) is 6.74. The van der Waals surface area contributed by atoms with Crippen LogP contribution in [-0.4, -0.2) is 21.4 Å². The maximum atomic E-state index is 15.7. The molecule has 4 nitrogen and oxygen atoms in total. The fraction of sp³-hybridized carbons (Fsp3) is 0.409. The van der Waals surface area contributed by atoms with Gasteiger partial charge in [-0.25, -0.2) is 9.06 Å². The lowest BCUT2D eigenvalue weighted by molar-refractivity contribution is -0.123. The van der Waals surface area contributed by atoms with Gasteiger partial charge in [0, 0.05) is 5.54 Å². The molecule has 0 N–H and O–H groups in total. The predicted molar refractivity (Wildman–Crippen MR) is 109 cm³/mol. The van der Waals surface area contributed by atoms with Crippen LogP contribution >= 0.6 is 7.52 Å². The van der Waals surface area contributed by atoms with Crippen molar-refractivity contribution in [1.82, 2.24) is 4.67 Å². The van der Waals surface area contributed by atoms with E-state index in [0.717, 1.165) is 25.0 Å². The van der Waals surface area contributed by atoms with E-state index in [1.54, 1.807) is 4.67 Å². The molecule has 150 valence electrons. The number of benzene rings is 2. The molecule has 4 atom stereocenters.